The second-order valence-electron chi connectivity index (χ2n) is 6.96. The average Bonchev–Trinajstić information content (AvgIpc) is 3.26. The summed E-state index contributed by atoms with van der Waals surface area (Å²) in [7, 11) is 0. The maximum atomic E-state index is 12.4. The summed E-state index contributed by atoms with van der Waals surface area (Å²) in [5, 5.41) is 0. The Morgan fingerprint density at radius 1 is 1.35 bits per heavy atom. The summed E-state index contributed by atoms with van der Waals surface area (Å²) < 4.78 is 0. The summed E-state index contributed by atoms with van der Waals surface area (Å²) in [4.78, 5) is 29.4. The van der Waals surface area contributed by atoms with Crippen molar-refractivity contribution in [3.8, 4) is 11.3 Å². The lowest BCUT2D eigenvalue weighted by molar-refractivity contribution is -0.128. The lowest BCUT2D eigenvalue weighted by Crippen LogP contribution is -2.24. The van der Waals surface area contributed by atoms with E-state index >= 15 is 0 Å². The number of amides is 1. The molecule has 0 spiro atoms. The van der Waals surface area contributed by atoms with Crippen LogP contribution in [0.25, 0.3) is 11.3 Å². The number of imidazole rings is 1. The highest BCUT2D eigenvalue weighted by Crippen LogP contribution is 2.34. The largest absolute Gasteiger partial charge is 0.345 e. The van der Waals surface area contributed by atoms with Crippen LogP contribution in [0.2, 0.25) is 0 Å². The van der Waals surface area contributed by atoms with Gasteiger partial charge in [-0.2, -0.15) is 0 Å². The molecule has 6 heteroatoms. The van der Waals surface area contributed by atoms with Gasteiger partial charge in [-0.25, -0.2) is 4.98 Å². The predicted molar refractivity (Wildman–Crippen MR) is 103 cm³/mol. The van der Waals surface area contributed by atoms with E-state index in [0.29, 0.717) is 19.5 Å². The molecule has 26 heavy (non-hydrogen) atoms. The van der Waals surface area contributed by atoms with Crippen LogP contribution in [-0.2, 0) is 11.3 Å². The number of aryl methyl sites for hydroxylation is 3. The third-order valence-corrected chi connectivity index (χ3v) is 5.86. The number of H-pyrrole nitrogens is 1. The van der Waals surface area contributed by atoms with Gasteiger partial charge < -0.3 is 9.88 Å². The summed E-state index contributed by atoms with van der Waals surface area (Å²) >= 11 is 1.79. The fourth-order valence-electron chi connectivity index (χ4n) is 3.63. The van der Waals surface area contributed by atoms with Crippen LogP contribution in [-0.4, -0.2) is 32.3 Å². The van der Waals surface area contributed by atoms with E-state index in [1.807, 2.05) is 23.2 Å². The van der Waals surface area contributed by atoms with Crippen LogP contribution in [0.1, 0.15) is 39.2 Å². The van der Waals surface area contributed by atoms with Crippen LogP contribution >= 0.6 is 11.3 Å². The molecule has 5 nitrogen and oxygen atoms in total. The molecule has 4 rings (SSSR count). The zero-order valence-electron chi connectivity index (χ0n) is 15.2. The van der Waals surface area contributed by atoms with Crippen LogP contribution in [0, 0.1) is 20.8 Å². The molecular formula is C20H22N4OS. The average molecular weight is 366 g/mol. The molecule has 1 aliphatic heterocycles. The van der Waals surface area contributed by atoms with E-state index in [2.05, 4.69) is 36.8 Å². The third kappa shape index (κ3) is 3.17. The third-order valence-electron chi connectivity index (χ3n) is 4.90. The van der Waals surface area contributed by atoms with E-state index in [9.17, 15) is 4.79 Å². The molecule has 1 N–H and O–H groups in total. The highest BCUT2D eigenvalue weighted by molar-refractivity contribution is 7.12. The SMILES string of the molecule is Cc1cc(-c2nc(C3CC(=O)N(Cc4cccnc4)C3)[nH]c2C)c(C)s1. The van der Waals surface area contributed by atoms with Crippen molar-refractivity contribution < 1.29 is 4.79 Å². The number of carbonyl (C=O) groups is 1. The van der Waals surface area contributed by atoms with Gasteiger partial charge >= 0.3 is 0 Å². The zero-order valence-corrected chi connectivity index (χ0v) is 16.1. The standard InChI is InChI=1S/C20H22N4OS/c1-12-7-17(14(3)26-12)19-13(2)22-20(23-19)16-8-18(25)24(11-16)10-15-5-4-6-21-9-15/h4-7,9,16H,8,10-11H2,1-3H3,(H,22,23). The summed E-state index contributed by atoms with van der Waals surface area (Å²) in [5.41, 5.74) is 4.34. The summed E-state index contributed by atoms with van der Waals surface area (Å²) in [6.45, 7) is 7.62. The Morgan fingerprint density at radius 2 is 2.19 bits per heavy atom. The minimum Gasteiger partial charge on any atom is -0.345 e. The van der Waals surface area contributed by atoms with Gasteiger partial charge in [0.05, 0.1) is 5.69 Å². The fourth-order valence-corrected chi connectivity index (χ4v) is 4.55. The molecule has 1 atom stereocenters. The smallest absolute Gasteiger partial charge is 0.223 e. The number of nitrogens with one attached hydrogen (secondary N) is 1. The minimum absolute atomic E-state index is 0.117. The van der Waals surface area contributed by atoms with E-state index in [-0.39, 0.29) is 11.8 Å². The molecule has 0 saturated carbocycles. The van der Waals surface area contributed by atoms with Crippen molar-refractivity contribution in [2.24, 2.45) is 0 Å². The number of aromatic amines is 1. The summed E-state index contributed by atoms with van der Waals surface area (Å²) in [5.74, 6) is 1.21. The van der Waals surface area contributed by atoms with E-state index in [1.54, 1.807) is 17.5 Å². The number of nitrogens with zero attached hydrogens (tertiary/aromatic N) is 3. The Balaban J connectivity index is 1.55. The number of aromatic nitrogens is 3. The van der Waals surface area contributed by atoms with Gasteiger partial charge in [-0.15, -0.1) is 11.3 Å². The molecule has 3 aromatic heterocycles. The lowest BCUT2D eigenvalue weighted by atomic mass is 10.1. The monoisotopic (exact) mass is 366 g/mol. The van der Waals surface area contributed by atoms with E-state index in [1.165, 1.54) is 15.3 Å². The first-order valence-electron chi connectivity index (χ1n) is 8.82. The molecule has 4 heterocycles. The molecule has 0 aliphatic carbocycles. The molecule has 1 saturated heterocycles. The van der Waals surface area contributed by atoms with Crippen molar-refractivity contribution >= 4 is 17.2 Å². The maximum absolute atomic E-state index is 12.4. The molecule has 0 radical (unpaired) electrons. The first-order chi connectivity index (χ1) is 12.5. The van der Waals surface area contributed by atoms with Crippen LogP contribution in [0.15, 0.2) is 30.6 Å². The van der Waals surface area contributed by atoms with Crippen molar-refractivity contribution in [1.29, 1.82) is 0 Å². The number of hydrogen-bond donors (Lipinski definition) is 1. The minimum atomic E-state index is 0.117. The van der Waals surface area contributed by atoms with Gasteiger partial charge in [-0.3, -0.25) is 9.78 Å². The number of rotatable bonds is 4. The summed E-state index contributed by atoms with van der Waals surface area (Å²) in [6.07, 6.45) is 4.07. The lowest BCUT2D eigenvalue weighted by Gasteiger charge is -2.15. The number of pyridine rings is 1. The number of hydrogen-bond acceptors (Lipinski definition) is 4. The quantitative estimate of drug-likeness (QED) is 0.760. The van der Waals surface area contributed by atoms with Gasteiger partial charge in [-0.05, 0) is 38.5 Å². The van der Waals surface area contributed by atoms with E-state index in [0.717, 1.165) is 22.8 Å². The van der Waals surface area contributed by atoms with Crippen LogP contribution in [0.3, 0.4) is 0 Å². The predicted octanol–water partition coefficient (Wildman–Crippen LogP) is 3.97. The Labute approximate surface area is 157 Å². The molecule has 1 aliphatic rings. The Hall–Kier alpha value is -2.47. The second kappa shape index (κ2) is 6.68. The molecule has 1 fully saturated rings. The number of carbonyl (C=O) groups excluding carboxylic acids is 1. The van der Waals surface area contributed by atoms with Crippen molar-refractivity contribution in [2.45, 2.75) is 39.7 Å². The molecule has 1 amide bonds. The maximum Gasteiger partial charge on any atom is 0.223 e. The Morgan fingerprint density at radius 3 is 2.88 bits per heavy atom. The van der Waals surface area contributed by atoms with E-state index < -0.39 is 0 Å². The number of likely N-dealkylation sites (tertiary alicyclic amines) is 1. The summed E-state index contributed by atoms with van der Waals surface area (Å²) in [6, 6.07) is 6.10. The zero-order chi connectivity index (χ0) is 18.3. The normalized spacial score (nSPS) is 17.3. The molecular weight excluding hydrogens is 344 g/mol. The second-order valence-corrected chi connectivity index (χ2v) is 8.42. The van der Waals surface area contributed by atoms with Crippen molar-refractivity contribution in [1.82, 2.24) is 19.9 Å². The van der Waals surface area contributed by atoms with Crippen LogP contribution in [0.4, 0.5) is 0 Å². The van der Waals surface area contributed by atoms with Crippen molar-refractivity contribution in [3.05, 3.63) is 57.4 Å². The van der Waals surface area contributed by atoms with Gasteiger partial charge in [0.25, 0.3) is 0 Å². The van der Waals surface area contributed by atoms with Crippen LogP contribution < -0.4 is 0 Å². The molecule has 134 valence electrons. The van der Waals surface area contributed by atoms with Crippen molar-refractivity contribution in [3.63, 3.8) is 0 Å². The van der Waals surface area contributed by atoms with Gasteiger partial charge in [0, 0.05) is 58.8 Å². The first-order valence-corrected chi connectivity index (χ1v) is 9.63. The molecule has 1 unspecified atom stereocenters. The highest BCUT2D eigenvalue weighted by atomic mass is 32.1. The fraction of sp³-hybridized carbons (Fsp3) is 0.350. The number of thiophene rings is 1. The first kappa shape index (κ1) is 17.0. The molecule has 0 aromatic carbocycles. The molecule has 0 bridgehead atoms. The Bertz CT molecular complexity index is 944. The van der Waals surface area contributed by atoms with Gasteiger partial charge in [0.15, 0.2) is 0 Å². The topological polar surface area (TPSA) is 61.9 Å². The van der Waals surface area contributed by atoms with Gasteiger partial charge in [0.2, 0.25) is 5.91 Å². The van der Waals surface area contributed by atoms with Crippen molar-refractivity contribution in [2.75, 3.05) is 6.54 Å². The van der Waals surface area contributed by atoms with E-state index in [4.69, 9.17) is 4.98 Å². The van der Waals surface area contributed by atoms with Crippen LogP contribution in [0.5, 0.6) is 0 Å². The Kier molecular flexibility index (Phi) is 4.36. The van der Waals surface area contributed by atoms with Gasteiger partial charge in [-0.1, -0.05) is 6.07 Å². The molecule has 3 aromatic rings. The highest BCUT2D eigenvalue weighted by Gasteiger charge is 2.33. The van der Waals surface area contributed by atoms with Gasteiger partial charge in [0.1, 0.15) is 5.82 Å².